The number of rotatable bonds is 7. The fourth-order valence-electron chi connectivity index (χ4n) is 5.23. The number of aryl methyl sites for hydroxylation is 1. The van der Waals surface area contributed by atoms with E-state index in [1.165, 1.54) is 0 Å². The molecule has 3 amide bonds. The molecule has 6 nitrogen and oxygen atoms in total. The standard InChI is InChI=1S/C29H31N3O3/c1-19-13-15-21(16-14-19)17-31(20(2)28(34)30-23-9-3-4-10-23)26(33)18-32-25-12-6-8-22-7-5-11-24(27(22)25)29(32)35/h5-8,11-16,20,23H,3-4,9-10,17-18H2,1-2H3,(H,30,34)/t20-/m1/s1. The van der Waals surface area contributed by atoms with E-state index in [-0.39, 0.29) is 30.3 Å². The second kappa shape index (κ2) is 9.53. The molecule has 1 aliphatic carbocycles. The van der Waals surface area contributed by atoms with Gasteiger partial charge in [-0.2, -0.15) is 0 Å². The summed E-state index contributed by atoms with van der Waals surface area (Å²) in [5, 5.41) is 4.98. The van der Waals surface area contributed by atoms with Crippen LogP contribution in [0.2, 0.25) is 0 Å². The smallest absolute Gasteiger partial charge is 0.259 e. The molecule has 0 saturated heterocycles. The van der Waals surface area contributed by atoms with Gasteiger partial charge in [0.05, 0.1) is 5.69 Å². The Morgan fingerprint density at radius 2 is 1.71 bits per heavy atom. The minimum absolute atomic E-state index is 0.112. The van der Waals surface area contributed by atoms with Gasteiger partial charge in [0.1, 0.15) is 12.6 Å². The van der Waals surface area contributed by atoms with Crippen LogP contribution in [-0.4, -0.2) is 41.2 Å². The quantitative estimate of drug-likeness (QED) is 0.551. The molecule has 1 saturated carbocycles. The Kier molecular flexibility index (Phi) is 6.29. The summed E-state index contributed by atoms with van der Waals surface area (Å²) in [4.78, 5) is 43.2. The first-order chi connectivity index (χ1) is 16.9. The van der Waals surface area contributed by atoms with Crippen molar-refractivity contribution < 1.29 is 14.4 Å². The van der Waals surface area contributed by atoms with Crippen molar-refractivity contribution in [2.24, 2.45) is 0 Å². The lowest BCUT2D eigenvalue weighted by atomic mass is 10.1. The molecule has 5 rings (SSSR count). The Morgan fingerprint density at radius 3 is 2.43 bits per heavy atom. The van der Waals surface area contributed by atoms with Crippen LogP contribution in [0.5, 0.6) is 0 Å². The first-order valence-electron chi connectivity index (χ1n) is 12.4. The number of anilines is 1. The first-order valence-corrected chi connectivity index (χ1v) is 12.4. The Labute approximate surface area is 205 Å². The predicted octanol–water partition coefficient (Wildman–Crippen LogP) is 4.58. The SMILES string of the molecule is Cc1ccc(CN(C(=O)CN2C(=O)c3cccc4cccc2c34)[C@H](C)C(=O)NC2CCCC2)cc1. The number of nitrogens with one attached hydrogen (secondary N) is 1. The Hall–Kier alpha value is -3.67. The average molecular weight is 470 g/mol. The molecule has 3 aromatic carbocycles. The van der Waals surface area contributed by atoms with E-state index < -0.39 is 6.04 Å². The van der Waals surface area contributed by atoms with Gasteiger partial charge >= 0.3 is 0 Å². The molecule has 6 heteroatoms. The van der Waals surface area contributed by atoms with Crippen LogP contribution >= 0.6 is 0 Å². The van der Waals surface area contributed by atoms with E-state index in [9.17, 15) is 14.4 Å². The van der Waals surface area contributed by atoms with Crippen LogP contribution < -0.4 is 10.2 Å². The molecule has 0 unspecified atom stereocenters. The summed E-state index contributed by atoms with van der Waals surface area (Å²) in [5.74, 6) is -0.572. The zero-order valence-corrected chi connectivity index (χ0v) is 20.3. The van der Waals surface area contributed by atoms with Crippen molar-refractivity contribution >= 4 is 34.2 Å². The van der Waals surface area contributed by atoms with Crippen molar-refractivity contribution in [1.82, 2.24) is 10.2 Å². The van der Waals surface area contributed by atoms with Crippen LogP contribution in [0.15, 0.2) is 60.7 Å². The van der Waals surface area contributed by atoms with Crippen molar-refractivity contribution in [3.8, 4) is 0 Å². The molecule has 2 aliphatic rings. The fourth-order valence-corrected chi connectivity index (χ4v) is 5.23. The van der Waals surface area contributed by atoms with E-state index in [0.29, 0.717) is 12.1 Å². The number of carbonyl (C=O) groups is 3. The van der Waals surface area contributed by atoms with E-state index in [1.54, 1.807) is 22.8 Å². The second-order valence-corrected chi connectivity index (χ2v) is 9.75. The van der Waals surface area contributed by atoms with Crippen molar-refractivity contribution in [2.45, 2.75) is 58.2 Å². The Morgan fingerprint density at radius 1 is 1.03 bits per heavy atom. The molecule has 35 heavy (non-hydrogen) atoms. The number of benzene rings is 3. The van der Waals surface area contributed by atoms with Gasteiger partial charge in [0.2, 0.25) is 11.8 Å². The minimum atomic E-state index is -0.653. The Balaban J connectivity index is 1.40. The van der Waals surface area contributed by atoms with Crippen molar-refractivity contribution in [3.05, 3.63) is 77.4 Å². The Bertz CT molecular complexity index is 1270. The molecule has 1 atom stereocenters. The van der Waals surface area contributed by atoms with Crippen LogP contribution in [0.1, 0.15) is 54.1 Å². The third-order valence-electron chi connectivity index (χ3n) is 7.28. The normalized spacial score (nSPS) is 16.1. The lowest BCUT2D eigenvalue weighted by molar-refractivity contribution is -0.139. The number of amides is 3. The number of carbonyl (C=O) groups excluding carboxylic acids is 3. The largest absolute Gasteiger partial charge is 0.352 e. The monoisotopic (exact) mass is 469 g/mol. The van der Waals surface area contributed by atoms with Gasteiger partial charge in [0.25, 0.3) is 5.91 Å². The van der Waals surface area contributed by atoms with Gasteiger partial charge < -0.3 is 10.2 Å². The van der Waals surface area contributed by atoms with Gasteiger partial charge in [-0.15, -0.1) is 0 Å². The van der Waals surface area contributed by atoms with Gasteiger partial charge in [0, 0.05) is 23.5 Å². The molecular formula is C29H31N3O3. The lowest BCUT2D eigenvalue weighted by Crippen LogP contribution is -2.52. The van der Waals surface area contributed by atoms with Crippen molar-refractivity contribution in [1.29, 1.82) is 0 Å². The van der Waals surface area contributed by atoms with Crippen molar-refractivity contribution in [3.63, 3.8) is 0 Å². The maximum absolute atomic E-state index is 13.7. The van der Waals surface area contributed by atoms with Crippen LogP contribution in [0.4, 0.5) is 5.69 Å². The molecule has 3 aromatic rings. The second-order valence-electron chi connectivity index (χ2n) is 9.75. The van der Waals surface area contributed by atoms with E-state index in [2.05, 4.69) is 5.32 Å². The fraction of sp³-hybridized carbons (Fsp3) is 0.345. The van der Waals surface area contributed by atoms with Gasteiger partial charge in [-0.3, -0.25) is 19.3 Å². The third kappa shape index (κ3) is 4.53. The molecular weight excluding hydrogens is 438 g/mol. The summed E-state index contributed by atoms with van der Waals surface area (Å²) < 4.78 is 0. The van der Waals surface area contributed by atoms with Crippen LogP contribution in [-0.2, 0) is 16.1 Å². The summed E-state index contributed by atoms with van der Waals surface area (Å²) in [5.41, 5.74) is 3.44. The number of hydrogen-bond donors (Lipinski definition) is 1. The molecule has 0 bridgehead atoms. The molecule has 1 aliphatic heterocycles. The van der Waals surface area contributed by atoms with E-state index >= 15 is 0 Å². The van der Waals surface area contributed by atoms with Crippen LogP contribution in [0.25, 0.3) is 10.8 Å². The van der Waals surface area contributed by atoms with E-state index in [1.807, 2.05) is 61.5 Å². The summed E-state index contributed by atoms with van der Waals surface area (Å²) in [6, 6.07) is 18.9. The first kappa shape index (κ1) is 23.1. The third-order valence-corrected chi connectivity index (χ3v) is 7.28. The highest BCUT2D eigenvalue weighted by Gasteiger charge is 2.34. The zero-order valence-electron chi connectivity index (χ0n) is 20.3. The summed E-state index contributed by atoms with van der Waals surface area (Å²) in [6.07, 6.45) is 4.20. The molecule has 0 spiro atoms. The van der Waals surface area contributed by atoms with Gasteiger partial charge in [-0.25, -0.2) is 0 Å². The highest BCUT2D eigenvalue weighted by Crippen LogP contribution is 2.37. The number of nitrogens with zero attached hydrogens (tertiary/aromatic N) is 2. The minimum Gasteiger partial charge on any atom is -0.352 e. The van der Waals surface area contributed by atoms with Gasteiger partial charge in [-0.1, -0.05) is 66.9 Å². The zero-order chi connectivity index (χ0) is 24.5. The summed E-state index contributed by atoms with van der Waals surface area (Å²) >= 11 is 0. The van der Waals surface area contributed by atoms with Crippen LogP contribution in [0, 0.1) is 6.92 Å². The molecule has 1 heterocycles. The van der Waals surface area contributed by atoms with E-state index in [0.717, 1.165) is 53.3 Å². The molecule has 1 fully saturated rings. The molecule has 0 aromatic heterocycles. The molecule has 180 valence electrons. The maximum atomic E-state index is 13.7. The predicted molar refractivity (Wildman–Crippen MR) is 137 cm³/mol. The van der Waals surface area contributed by atoms with E-state index in [4.69, 9.17) is 0 Å². The summed E-state index contributed by atoms with van der Waals surface area (Å²) in [7, 11) is 0. The van der Waals surface area contributed by atoms with Crippen LogP contribution in [0.3, 0.4) is 0 Å². The molecule has 0 radical (unpaired) electrons. The topological polar surface area (TPSA) is 69.7 Å². The maximum Gasteiger partial charge on any atom is 0.259 e. The summed E-state index contributed by atoms with van der Waals surface area (Å²) in [6.45, 7) is 3.98. The molecule has 1 N–H and O–H groups in total. The highest BCUT2D eigenvalue weighted by molar-refractivity contribution is 6.26. The van der Waals surface area contributed by atoms with Gasteiger partial charge in [-0.05, 0) is 49.8 Å². The van der Waals surface area contributed by atoms with Gasteiger partial charge in [0.15, 0.2) is 0 Å². The highest BCUT2D eigenvalue weighted by atomic mass is 16.2. The average Bonchev–Trinajstić information content (AvgIpc) is 3.47. The lowest BCUT2D eigenvalue weighted by Gasteiger charge is -2.31. The number of hydrogen-bond acceptors (Lipinski definition) is 3. The van der Waals surface area contributed by atoms with Crippen molar-refractivity contribution in [2.75, 3.05) is 11.4 Å².